The van der Waals surface area contributed by atoms with E-state index in [0.29, 0.717) is 32.2 Å². The molecule has 1 aromatic carbocycles. The quantitative estimate of drug-likeness (QED) is 0.166. The summed E-state index contributed by atoms with van der Waals surface area (Å²) < 4.78 is 0. The van der Waals surface area contributed by atoms with Gasteiger partial charge in [0.15, 0.2) is 0 Å². The molecule has 0 radical (unpaired) electrons. The van der Waals surface area contributed by atoms with E-state index in [0.717, 1.165) is 5.56 Å². The molecule has 1 aliphatic rings. The first-order valence-electron chi connectivity index (χ1n) is 12.1. The Kier molecular flexibility index (Phi) is 11.3. The number of carbonyl (C=O) groups excluding carboxylic acids is 4. The number of rotatable bonds is 14. The van der Waals surface area contributed by atoms with E-state index in [-0.39, 0.29) is 25.8 Å². The molecule has 4 amide bonds. The van der Waals surface area contributed by atoms with Gasteiger partial charge in [0.25, 0.3) is 0 Å². The zero-order valence-corrected chi connectivity index (χ0v) is 20.2. The zero-order valence-electron chi connectivity index (χ0n) is 20.2. The number of nitrogens with zero attached hydrogens (tertiary/aromatic N) is 1. The number of hydrogen-bond donors (Lipinski definition) is 6. The smallest absolute Gasteiger partial charge is 0.326 e. The van der Waals surface area contributed by atoms with E-state index in [4.69, 9.17) is 17.2 Å². The molecule has 1 heterocycles. The summed E-state index contributed by atoms with van der Waals surface area (Å²) in [4.78, 5) is 63.2. The first kappa shape index (κ1) is 28.7. The Balaban J connectivity index is 2.23. The second kappa shape index (κ2) is 14.1. The molecule has 12 nitrogen and oxygen atoms in total. The highest BCUT2D eigenvalue weighted by atomic mass is 16.4. The van der Waals surface area contributed by atoms with E-state index in [2.05, 4.69) is 10.6 Å². The third-order valence-corrected chi connectivity index (χ3v) is 6.06. The zero-order chi connectivity index (χ0) is 26.7. The van der Waals surface area contributed by atoms with Gasteiger partial charge < -0.3 is 37.8 Å². The number of nitrogens with two attached hydrogens (primary N) is 3. The number of carbonyl (C=O) groups is 5. The predicted octanol–water partition coefficient (Wildman–Crippen LogP) is -1.39. The molecule has 0 saturated carbocycles. The average Bonchev–Trinajstić information content (AvgIpc) is 3.33. The lowest BCUT2D eigenvalue weighted by Gasteiger charge is -2.29. The van der Waals surface area contributed by atoms with Crippen molar-refractivity contribution in [3.05, 3.63) is 35.9 Å². The highest BCUT2D eigenvalue weighted by Gasteiger charge is 2.38. The maximum atomic E-state index is 13.4. The number of carboxylic acid groups (broad SMARTS) is 1. The van der Waals surface area contributed by atoms with Crippen LogP contribution < -0.4 is 27.8 Å². The fraction of sp³-hybridized carbons (Fsp3) is 0.542. The molecule has 2 rings (SSSR count). The van der Waals surface area contributed by atoms with Gasteiger partial charge in [-0.15, -0.1) is 0 Å². The molecule has 1 saturated heterocycles. The van der Waals surface area contributed by atoms with Crippen LogP contribution in [-0.4, -0.2) is 76.9 Å². The van der Waals surface area contributed by atoms with Crippen LogP contribution in [0.1, 0.15) is 44.1 Å². The van der Waals surface area contributed by atoms with Crippen LogP contribution in [0.4, 0.5) is 0 Å². The van der Waals surface area contributed by atoms with Gasteiger partial charge in [-0.25, -0.2) is 4.79 Å². The maximum Gasteiger partial charge on any atom is 0.326 e. The van der Waals surface area contributed by atoms with Crippen molar-refractivity contribution >= 4 is 29.6 Å². The van der Waals surface area contributed by atoms with Crippen molar-refractivity contribution in [1.82, 2.24) is 15.5 Å². The number of benzene rings is 1. The summed E-state index contributed by atoms with van der Waals surface area (Å²) in [6.45, 7) is 0.666. The molecule has 12 heteroatoms. The minimum atomic E-state index is -1.23. The summed E-state index contributed by atoms with van der Waals surface area (Å²) in [6.07, 6.45) is 1.99. The van der Waals surface area contributed by atoms with Crippen molar-refractivity contribution in [2.45, 2.75) is 69.1 Å². The number of likely N-dealkylation sites (tertiary alicyclic amines) is 1. The maximum absolute atomic E-state index is 13.4. The lowest BCUT2D eigenvalue weighted by atomic mass is 10.0. The number of amides is 4. The number of nitrogens with one attached hydrogen (secondary N) is 2. The van der Waals surface area contributed by atoms with Crippen molar-refractivity contribution in [3.63, 3.8) is 0 Å². The average molecular weight is 505 g/mol. The monoisotopic (exact) mass is 504 g/mol. The van der Waals surface area contributed by atoms with Crippen LogP contribution in [0.25, 0.3) is 0 Å². The SMILES string of the molecule is NCCCC[C@H](NC(=O)[C@@H](N)CC(N)=O)C(=O)N[C@@H](Cc1ccccc1)C(=O)N1CCC[C@@H]1C(=O)O. The standard InChI is InChI=1S/C24H36N6O6/c25-11-5-4-9-17(28-21(32)16(26)14-20(27)31)22(33)29-18(13-15-7-2-1-3-8-15)23(34)30-12-6-10-19(30)24(35)36/h1-3,7-8,16-19H,4-6,9-14,25-26H2,(H2,27,31)(H,28,32)(H,29,33)(H,35,36)/t16-,17-,18-,19+/m0/s1. The van der Waals surface area contributed by atoms with Gasteiger partial charge in [0.05, 0.1) is 12.5 Å². The van der Waals surface area contributed by atoms with E-state index in [9.17, 15) is 29.1 Å². The van der Waals surface area contributed by atoms with Crippen LogP contribution in [0.2, 0.25) is 0 Å². The molecule has 36 heavy (non-hydrogen) atoms. The van der Waals surface area contributed by atoms with Crippen LogP contribution in [-0.2, 0) is 30.4 Å². The summed E-state index contributed by atoms with van der Waals surface area (Å²) >= 11 is 0. The fourth-order valence-corrected chi connectivity index (χ4v) is 4.16. The van der Waals surface area contributed by atoms with Crippen molar-refractivity contribution in [2.24, 2.45) is 17.2 Å². The third kappa shape index (κ3) is 8.61. The van der Waals surface area contributed by atoms with E-state index in [1.54, 1.807) is 24.3 Å². The minimum Gasteiger partial charge on any atom is -0.480 e. The Bertz CT molecular complexity index is 927. The molecule has 1 aliphatic heterocycles. The van der Waals surface area contributed by atoms with Gasteiger partial charge in [0.1, 0.15) is 18.1 Å². The number of hydrogen-bond acceptors (Lipinski definition) is 7. The highest BCUT2D eigenvalue weighted by molar-refractivity contribution is 5.95. The van der Waals surface area contributed by atoms with Crippen LogP contribution in [0, 0.1) is 0 Å². The molecular formula is C24H36N6O6. The largest absolute Gasteiger partial charge is 0.480 e. The first-order valence-corrected chi connectivity index (χ1v) is 12.1. The van der Waals surface area contributed by atoms with Crippen molar-refractivity contribution in [2.75, 3.05) is 13.1 Å². The summed E-state index contributed by atoms with van der Waals surface area (Å²) in [5.41, 5.74) is 17.2. The number of aliphatic carboxylic acids is 1. The van der Waals surface area contributed by atoms with Gasteiger partial charge >= 0.3 is 5.97 Å². The fourth-order valence-electron chi connectivity index (χ4n) is 4.16. The third-order valence-electron chi connectivity index (χ3n) is 6.06. The van der Waals surface area contributed by atoms with Crippen LogP contribution in [0.15, 0.2) is 30.3 Å². The Hall–Kier alpha value is -3.51. The lowest BCUT2D eigenvalue weighted by Crippen LogP contribution is -2.57. The van der Waals surface area contributed by atoms with Gasteiger partial charge in [-0.05, 0) is 44.2 Å². The van der Waals surface area contributed by atoms with E-state index < -0.39 is 53.8 Å². The van der Waals surface area contributed by atoms with Gasteiger partial charge in [-0.3, -0.25) is 19.2 Å². The normalized spacial score (nSPS) is 17.6. The molecular weight excluding hydrogens is 468 g/mol. The van der Waals surface area contributed by atoms with Crippen molar-refractivity contribution < 1.29 is 29.1 Å². The Morgan fingerprint density at radius 3 is 2.31 bits per heavy atom. The van der Waals surface area contributed by atoms with E-state index >= 15 is 0 Å². The lowest BCUT2D eigenvalue weighted by molar-refractivity contribution is -0.149. The van der Waals surface area contributed by atoms with Crippen molar-refractivity contribution in [3.8, 4) is 0 Å². The highest BCUT2D eigenvalue weighted by Crippen LogP contribution is 2.20. The molecule has 1 fully saturated rings. The van der Waals surface area contributed by atoms with Crippen LogP contribution in [0.3, 0.4) is 0 Å². The molecule has 1 aromatic rings. The Labute approximate surface area is 209 Å². The summed E-state index contributed by atoms with van der Waals surface area (Å²) in [6, 6.07) is 4.74. The second-order valence-corrected chi connectivity index (χ2v) is 8.90. The van der Waals surface area contributed by atoms with Gasteiger partial charge in [-0.1, -0.05) is 30.3 Å². The molecule has 4 atom stereocenters. The second-order valence-electron chi connectivity index (χ2n) is 8.90. The van der Waals surface area contributed by atoms with Gasteiger partial charge in [-0.2, -0.15) is 0 Å². The Morgan fingerprint density at radius 1 is 1.03 bits per heavy atom. The molecule has 198 valence electrons. The molecule has 9 N–H and O–H groups in total. The molecule has 0 bridgehead atoms. The number of carboxylic acids is 1. The van der Waals surface area contributed by atoms with E-state index in [1.165, 1.54) is 4.90 Å². The van der Waals surface area contributed by atoms with Gasteiger partial charge in [0.2, 0.25) is 23.6 Å². The first-order chi connectivity index (χ1) is 17.1. The molecule has 0 aromatic heterocycles. The number of unbranched alkanes of at least 4 members (excludes halogenated alkanes) is 1. The van der Waals surface area contributed by atoms with E-state index in [1.807, 2.05) is 6.07 Å². The summed E-state index contributed by atoms with van der Waals surface area (Å²) in [5, 5.41) is 14.8. The predicted molar refractivity (Wildman–Crippen MR) is 131 cm³/mol. The topological polar surface area (TPSA) is 211 Å². The van der Waals surface area contributed by atoms with Crippen LogP contribution in [0.5, 0.6) is 0 Å². The van der Waals surface area contributed by atoms with Crippen molar-refractivity contribution in [1.29, 1.82) is 0 Å². The summed E-state index contributed by atoms with van der Waals surface area (Å²) in [7, 11) is 0. The molecule has 0 spiro atoms. The van der Waals surface area contributed by atoms with Gasteiger partial charge in [0, 0.05) is 13.0 Å². The van der Waals surface area contributed by atoms with Crippen LogP contribution >= 0.6 is 0 Å². The minimum absolute atomic E-state index is 0.138. The Morgan fingerprint density at radius 2 is 1.69 bits per heavy atom. The summed E-state index contributed by atoms with van der Waals surface area (Å²) in [5.74, 6) is -3.70. The molecule has 0 unspecified atom stereocenters. The molecule has 0 aliphatic carbocycles. The number of primary amides is 1.